The maximum absolute atomic E-state index is 15.2. The number of hydrogen-bond donors (Lipinski definition) is 22. The molecule has 27 N–H and O–H groups in total. The van der Waals surface area contributed by atoms with Gasteiger partial charge in [0, 0.05) is 55.2 Å². The number of aliphatic hydroxyl groups excluding tert-OH is 8. The van der Waals surface area contributed by atoms with Crippen LogP contribution in [-0.4, -0.2) is 278 Å². The van der Waals surface area contributed by atoms with E-state index in [2.05, 4.69) is 74.3 Å². The molecule has 0 aliphatic carbocycles. The van der Waals surface area contributed by atoms with Crippen molar-refractivity contribution in [1.29, 1.82) is 0 Å². The lowest BCUT2D eigenvalue weighted by Gasteiger charge is -2.47. The van der Waals surface area contributed by atoms with Gasteiger partial charge in [-0.05, 0) is 31.7 Å². The van der Waals surface area contributed by atoms with Crippen molar-refractivity contribution in [3.63, 3.8) is 0 Å². The third-order valence-electron chi connectivity index (χ3n) is 15.3. The maximum atomic E-state index is 15.2. The number of anilines is 1. The van der Waals surface area contributed by atoms with Crippen molar-refractivity contribution in [2.24, 2.45) is 28.9 Å². The van der Waals surface area contributed by atoms with E-state index >= 15 is 4.79 Å². The van der Waals surface area contributed by atoms with Gasteiger partial charge in [-0.25, -0.2) is 29.7 Å². The molecular weight excluding hydrogens is 1360 g/mol. The fourth-order valence-corrected chi connectivity index (χ4v) is 12.1. The number of hydrogen-bond acceptors (Lipinski definition) is 33. The second kappa shape index (κ2) is 38.3. The van der Waals surface area contributed by atoms with Crippen molar-refractivity contribution in [3.8, 4) is 10.7 Å². The van der Waals surface area contributed by atoms with Crippen LogP contribution in [0.3, 0.4) is 0 Å². The summed E-state index contributed by atoms with van der Waals surface area (Å²) in [6, 6.07) is -7.85. The number of nitrogens with zero attached hydrogens (tertiary/aromatic N) is 5. The first-order valence-corrected chi connectivity index (χ1v) is 34.0. The first kappa shape index (κ1) is 81.3. The number of aromatic nitrogens is 6. The summed E-state index contributed by atoms with van der Waals surface area (Å²) in [5.74, 6) is -7.69. The van der Waals surface area contributed by atoms with E-state index in [1.165, 1.54) is 50.4 Å². The zero-order chi connectivity index (χ0) is 73.0. The van der Waals surface area contributed by atoms with Crippen LogP contribution < -0.4 is 60.6 Å². The summed E-state index contributed by atoms with van der Waals surface area (Å²) in [6.45, 7) is 3.18. The van der Waals surface area contributed by atoms with Crippen molar-refractivity contribution in [3.05, 3.63) is 56.8 Å². The van der Waals surface area contributed by atoms with E-state index in [0.717, 1.165) is 24.7 Å². The van der Waals surface area contributed by atoms with Gasteiger partial charge in [0.2, 0.25) is 29.5 Å². The van der Waals surface area contributed by atoms with E-state index in [1.807, 2.05) is 0 Å². The molecule has 2 aliphatic rings. The predicted octanol–water partition coefficient (Wildman–Crippen LogP) is -7.69. The zero-order valence-electron chi connectivity index (χ0n) is 53.8. The van der Waals surface area contributed by atoms with Crippen LogP contribution in [0.15, 0.2) is 23.3 Å². The Labute approximate surface area is 569 Å². The van der Waals surface area contributed by atoms with Crippen molar-refractivity contribution < 1.29 is 113 Å². The van der Waals surface area contributed by atoms with Gasteiger partial charge in [0.25, 0.3) is 11.8 Å². The summed E-state index contributed by atoms with van der Waals surface area (Å²) in [5.41, 5.74) is 28.1. The lowest BCUT2D eigenvalue weighted by Crippen LogP contribution is -2.65. The number of nitrogen functional groups attached to an aromatic ring is 1. The van der Waals surface area contributed by atoms with Gasteiger partial charge >= 0.3 is 6.09 Å². The van der Waals surface area contributed by atoms with Gasteiger partial charge in [0.05, 0.1) is 85.2 Å². The molecule has 8 amide bonds. The number of H-pyrrole nitrogens is 1. The maximum Gasteiger partial charge on any atom is 0.404 e. The van der Waals surface area contributed by atoms with E-state index in [9.17, 15) is 74.4 Å². The smallest absolute Gasteiger partial charge is 0.404 e. The molecule has 4 aromatic heterocycles. The molecule has 546 valence electrons. The minimum absolute atomic E-state index is 0.00498. The number of aliphatic hydroxyl groups is 8. The van der Waals surface area contributed by atoms with Crippen LogP contribution in [0.5, 0.6) is 0 Å². The van der Waals surface area contributed by atoms with Crippen molar-refractivity contribution >= 4 is 86.8 Å². The molecule has 0 spiro atoms. The molecule has 2 fully saturated rings. The molecule has 0 saturated carbocycles. The Morgan fingerprint density at radius 3 is 2.06 bits per heavy atom. The number of carbonyl (C=O) groups excluding carboxylic acids is 8. The van der Waals surface area contributed by atoms with Crippen molar-refractivity contribution in [2.45, 2.75) is 157 Å². The minimum Gasteiger partial charge on any atom is -0.441 e. The average Bonchev–Trinajstić information content (AvgIpc) is 1.63. The summed E-state index contributed by atoms with van der Waals surface area (Å²) in [7, 11) is 0.254. The number of aromatic amines is 1. The number of nitrogens with one attached hydrogen (secondary N) is 7. The van der Waals surface area contributed by atoms with Crippen LogP contribution >= 0.6 is 22.7 Å². The largest absolute Gasteiger partial charge is 0.441 e. The molecule has 40 nitrogen and oxygen atoms in total. The third-order valence-corrected chi connectivity index (χ3v) is 18.2. The van der Waals surface area contributed by atoms with E-state index in [0.29, 0.717) is 22.3 Å². The normalized spacial score (nSPS) is 23.6. The fraction of sp³-hybridized carbons (Fsp3) is 0.618. The Balaban J connectivity index is 0.00000859. The number of amides is 8. The Bertz CT molecular complexity index is 3280. The summed E-state index contributed by atoms with van der Waals surface area (Å²) in [6.07, 6.45) is -20.0. The highest BCUT2D eigenvalue weighted by Gasteiger charge is 2.54. The standard InChI is InChI=1S/C55H83N17O21S3.H2O2/c1-20-33(69-46(72-44(20)58)25(12-31(57)76)64-13-24(56)45(59)82)50(86)71-35(41(26-14-61-19-65-26)91-54-43(39(80)37(78)29(15-73)90-54)92-53-40(81)42(93-55(60)88)38(79)30(16-74)89-53)51(87)66-22(3)36(77)21(2)47(83)70-34(23(4)75)49(85)63-10-8-32-67-28(18-94-32)52-68-27(17-95-52)48(84)62-9-7-11-96(5)6;1-2/h14,17-19,21-25,29-30,34-43,53-54,64,73-75,77-81H,7-13,15-16,56H2,1-6H3,(H13-,57,58,59,60,61,62,63,65,66,69,70,71,72,76,82,83,84,85,86,87,88);1-2H/p+1/t21-,22+,23+,24-,25-,29-,30+,34-,35-,36-,37+,38+,39-,40-,41?,42-,43-,53+,54-;/m0./s1. The van der Waals surface area contributed by atoms with E-state index in [1.54, 1.807) is 10.8 Å². The average molecular weight is 1450 g/mol. The van der Waals surface area contributed by atoms with Gasteiger partial charge in [-0.1, -0.05) is 6.92 Å². The van der Waals surface area contributed by atoms with Crippen LogP contribution in [0.4, 0.5) is 10.6 Å². The lowest BCUT2D eigenvalue weighted by atomic mass is 9.96. The highest BCUT2D eigenvalue weighted by molar-refractivity contribution is 7.95. The molecule has 43 heteroatoms. The van der Waals surface area contributed by atoms with Crippen LogP contribution in [0, 0.1) is 12.8 Å². The van der Waals surface area contributed by atoms with Gasteiger partial charge in [-0.15, -0.1) is 22.7 Å². The molecule has 6 heterocycles. The Morgan fingerprint density at radius 2 is 1.45 bits per heavy atom. The molecule has 0 aromatic carbocycles. The summed E-state index contributed by atoms with van der Waals surface area (Å²) >= 11 is 2.52. The van der Waals surface area contributed by atoms with Gasteiger partial charge in [-0.3, -0.25) is 44.1 Å². The second-order valence-electron chi connectivity index (χ2n) is 22.8. The SMILES string of the molecule is Cc1c(N)nc([C@H](CC(N)=O)NC[C@H](N)C(N)=O)nc1C(=O)N[C@H](C(=O)N[C@H](C)[C@@H](O)[C@H](C)C(=O)N[C@H](C(=O)NCCc1nc(-c2nc(C(=O)NCCC[S+](C)C)cs2)cs1)[C@@H](C)O)C(O[C@@H]1O[C@@H](CO)[C@@H](O)[C@H](O)[C@@H]1O[C@H]1O[C@H](CO)[C@@H](O)[C@H](OC(N)=O)[C@@H]1O)c1cnc[nH]1.OO. The highest BCUT2D eigenvalue weighted by Crippen LogP contribution is 2.35. The molecule has 2 saturated heterocycles. The predicted molar refractivity (Wildman–Crippen MR) is 344 cm³/mol. The van der Waals surface area contributed by atoms with E-state index in [4.69, 9.17) is 62.9 Å². The monoisotopic (exact) mass is 1450 g/mol. The number of imidazole rings is 1. The molecule has 6 rings (SSSR count). The summed E-state index contributed by atoms with van der Waals surface area (Å²) in [4.78, 5) is 131. The highest BCUT2D eigenvalue weighted by atomic mass is 32.2. The van der Waals surface area contributed by atoms with Crippen LogP contribution in [0.2, 0.25) is 0 Å². The number of primary amides is 3. The van der Waals surface area contributed by atoms with Gasteiger partial charge in [-0.2, -0.15) is 0 Å². The quantitative estimate of drug-likeness (QED) is 0.00880. The molecule has 2 aliphatic heterocycles. The Morgan fingerprint density at radius 1 is 0.776 bits per heavy atom. The molecule has 1 unspecified atom stereocenters. The summed E-state index contributed by atoms with van der Waals surface area (Å²) < 4.78 is 28.7. The lowest BCUT2D eigenvalue weighted by molar-refractivity contribution is -0.372. The van der Waals surface area contributed by atoms with Crippen LogP contribution in [-0.2, 0) is 65.0 Å². The van der Waals surface area contributed by atoms with E-state index in [-0.39, 0.29) is 64.9 Å². The van der Waals surface area contributed by atoms with Crippen molar-refractivity contribution in [1.82, 2.24) is 61.8 Å². The Hall–Kier alpha value is -7.38. The summed E-state index contributed by atoms with van der Waals surface area (Å²) in [5, 5.41) is 120. The van der Waals surface area contributed by atoms with Crippen molar-refractivity contribution in [2.75, 3.05) is 56.8 Å². The number of nitrogens with two attached hydrogens (primary N) is 5. The zero-order valence-corrected chi connectivity index (χ0v) is 56.2. The topological polar surface area (TPSA) is 668 Å². The second-order valence-corrected chi connectivity index (χ2v) is 27.0. The first-order valence-electron chi connectivity index (χ1n) is 30.0. The van der Waals surface area contributed by atoms with Gasteiger partial charge in [0.1, 0.15) is 100 Å². The number of carbonyl (C=O) groups is 8. The molecule has 0 bridgehead atoms. The molecule has 4 aromatic rings. The van der Waals surface area contributed by atoms with Crippen LogP contribution in [0.25, 0.3) is 10.7 Å². The fourth-order valence-electron chi connectivity index (χ4n) is 9.80. The molecule has 98 heavy (non-hydrogen) atoms. The first-order chi connectivity index (χ1) is 46.3. The minimum atomic E-state index is -2.20. The van der Waals surface area contributed by atoms with Crippen LogP contribution in [0.1, 0.15) is 88.8 Å². The Kier molecular flexibility index (Phi) is 31.7. The third kappa shape index (κ3) is 22.1. The van der Waals surface area contributed by atoms with E-state index < -0.39 is 183 Å². The molecular formula is C55H86N17O23S3+. The number of ether oxygens (including phenoxy) is 5. The van der Waals surface area contributed by atoms with Gasteiger partial charge < -0.3 is 130 Å². The number of thiazole rings is 2. The molecule has 19 atom stereocenters. The molecule has 0 radical (unpaired) electrons. The van der Waals surface area contributed by atoms with Gasteiger partial charge in [0.15, 0.2) is 18.7 Å². The number of rotatable bonds is 35.